The summed E-state index contributed by atoms with van der Waals surface area (Å²) >= 11 is 0. The summed E-state index contributed by atoms with van der Waals surface area (Å²) < 4.78 is 26.7. The van der Waals surface area contributed by atoms with E-state index in [-0.39, 0.29) is 0 Å². The Hall–Kier alpha value is -0.910. The Labute approximate surface area is 128 Å². The predicted octanol–water partition coefficient (Wildman–Crippen LogP) is 2.48. The molecule has 0 spiro atoms. The van der Waals surface area contributed by atoms with Gasteiger partial charge in [0.15, 0.2) is 0 Å². The number of nitrogens with one attached hydrogen (secondary N) is 1. The minimum absolute atomic E-state index is 0.403. The summed E-state index contributed by atoms with van der Waals surface area (Å²) in [7, 11) is -3.32. The molecule has 1 N–H and O–H groups in total. The topological polar surface area (TPSA) is 49.4 Å². The van der Waals surface area contributed by atoms with E-state index in [0.717, 1.165) is 25.8 Å². The van der Waals surface area contributed by atoms with E-state index in [4.69, 9.17) is 0 Å². The van der Waals surface area contributed by atoms with Gasteiger partial charge in [-0.3, -0.25) is 0 Å². The van der Waals surface area contributed by atoms with Gasteiger partial charge in [0.1, 0.15) is 0 Å². The first-order chi connectivity index (χ1) is 10.1. The monoisotopic (exact) mass is 310 g/mol. The zero-order valence-corrected chi connectivity index (χ0v) is 13.8. The molecule has 1 heterocycles. The molecule has 0 radical (unpaired) electrons. The molecule has 1 atom stereocenters. The van der Waals surface area contributed by atoms with Gasteiger partial charge < -0.3 is 5.32 Å². The molecule has 5 heteroatoms. The molecule has 1 aliphatic heterocycles. The minimum Gasteiger partial charge on any atom is -0.314 e. The van der Waals surface area contributed by atoms with Crippen molar-refractivity contribution in [1.29, 1.82) is 0 Å². The molecule has 1 saturated heterocycles. The van der Waals surface area contributed by atoms with E-state index in [1.165, 1.54) is 0 Å². The number of nitrogens with zero attached hydrogens (tertiary/aromatic N) is 1. The van der Waals surface area contributed by atoms with Gasteiger partial charge in [-0.25, -0.2) is 8.42 Å². The molecule has 0 aromatic heterocycles. The van der Waals surface area contributed by atoms with Crippen LogP contribution in [0.2, 0.25) is 0 Å². The maximum Gasteiger partial charge on any atom is 0.243 e. The van der Waals surface area contributed by atoms with Crippen molar-refractivity contribution in [3.63, 3.8) is 0 Å². The molecule has 2 rings (SSSR count). The molecule has 0 saturated carbocycles. The van der Waals surface area contributed by atoms with Gasteiger partial charge >= 0.3 is 0 Å². The lowest BCUT2D eigenvalue weighted by Crippen LogP contribution is -2.44. The molecular formula is C16H26N2O2S. The van der Waals surface area contributed by atoms with Crippen molar-refractivity contribution < 1.29 is 8.42 Å². The molecule has 118 valence electrons. The van der Waals surface area contributed by atoms with Crippen LogP contribution in [0.3, 0.4) is 0 Å². The molecule has 1 aromatic carbocycles. The fourth-order valence-corrected chi connectivity index (χ4v) is 4.39. The number of hydrogen-bond acceptors (Lipinski definition) is 3. The molecule has 0 amide bonds. The summed E-state index contributed by atoms with van der Waals surface area (Å²) in [6.07, 6.45) is 3.00. The van der Waals surface area contributed by atoms with E-state index in [1.54, 1.807) is 28.6 Å². The highest BCUT2D eigenvalue weighted by atomic mass is 32.2. The smallest absolute Gasteiger partial charge is 0.243 e. The Kier molecular flexibility index (Phi) is 5.79. The Morgan fingerprint density at radius 1 is 1.24 bits per heavy atom. The van der Waals surface area contributed by atoms with Crippen LogP contribution in [-0.2, 0) is 10.0 Å². The molecule has 1 aliphatic rings. The summed E-state index contributed by atoms with van der Waals surface area (Å²) in [6.45, 7) is 6.65. The lowest BCUT2D eigenvalue weighted by atomic mass is 9.91. The molecule has 0 aliphatic carbocycles. The van der Waals surface area contributed by atoms with E-state index in [0.29, 0.717) is 29.9 Å². The number of piperidine rings is 1. The van der Waals surface area contributed by atoms with Gasteiger partial charge in [0.2, 0.25) is 10.0 Å². The van der Waals surface area contributed by atoms with E-state index in [9.17, 15) is 8.42 Å². The van der Waals surface area contributed by atoms with Gasteiger partial charge in [-0.15, -0.1) is 0 Å². The number of sulfonamides is 1. The Balaban J connectivity index is 1.95. The summed E-state index contributed by atoms with van der Waals surface area (Å²) in [5.41, 5.74) is 0. The Morgan fingerprint density at radius 2 is 1.86 bits per heavy atom. The van der Waals surface area contributed by atoms with Crippen LogP contribution in [0.4, 0.5) is 0 Å². The molecule has 1 fully saturated rings. The highest BCUT2D eigenvalue weighted by Crippen LogP contribution is 2.25. The lowest BCUT2D eigenvalue weighted by molar-refractivity contribution is 0.231. The Morgan fingerprint density at radius 3 is 2.43 bits per heavy atom. The van der Waals surface area contributed by atoms with Crippen LogP contribution in [0.15, 0.2) is 35.2 Å². The standard InChI is InChI=1S/C16H26N2O2S/c1-3-11-17-14(2)15-9-12-18(13-10-15)21(19,20)16-7-5-4-6-8-16/h4-8,14-15,17H,3,9-13H2,1-2H3. The third-order valence-corrected chi connectivity index (χ3v) is 6.22. The van der Waals surface area contributed by atoms with Crippen molar-refractivity contribution >= 4 is 10.0 Å². The average molecular weight is 310 g/mol. The van der Waals surface area contributed by atoms with Gasteiger partial charge in [-0.2, -0.15) is 4.31 Å². The second kappa shape index (κ2) is 7.38. The number of benzene rings is 1. The van der Waals surface area contributed by atoms with Crippen LogP contribution in [-0.4, -0.2) is 38.4 Å². The first-order valence-corrected chi connectivity index (χ1v) is 9.28. The quantitative estimate of drug-likeness (QED) is 0.878. The molecule has 1 unspecified atom stereocenters. The van der Waals surface area contributed by atoms with E-state index in [2.05, 4.69) is 19.2 Å². The van der Waals surface area contributed by atoms with Crippen LogP contribution in [0.25, 0.3) is 0 Å². The third-order valence-electron chi connectivity index (χ3n) is 4.30. The molecule has 1 aromatic rings. The van der Waals surface area contributed by atoms with E-state index >= 15 is 0 Å². The first-order valence-electron chi connectivity index (χ1n) is 7.84. The normalized spacial score (nSPS) is 19.5. The number of hydrogen-bond donors (Lipinski definition) is 1. The van der Waals surface area contributed by atoms with Crippen LogP contribution in [0, 0.1) is 5.92 Å². The van der Waals surface area contributed by atoms with Crippen molar-refractivity contribution in [1.82, 2.24) is 9.62 Å². The summed E-state index contributed by atoms with van der Waals surface area (Å²) in [5.74, 6) is 0.568. The third kappa shape index (κ3) is 4.05. The zero-order chi connectivity index (χ0) is 15.3. The second-order valence-corrected chi connectivity index (χ2v) is 7.74. The van der Waals surface area contributed by atoms with Crippen molar-refractivity contribution in [3.05, 3.63) is 30.3 Å². The van der Waals surface area contributed by atoms with E-state index in [1.807, 2.05) is 6.07 Å². The Bertz CT molecular complexity index is 522. The summed E-state index contributed by atoms with van der Waals surface area (Å²) in [5, 5.41) is 3.52. The van der Waals surface area contributed by atoms with Crippen molar-refractivity contribution in [2.24, 2.45) is 5.92 Å². The number of rotatable bonds is 6. The highest BCUT2D eigenvalue weighted by Gasteiger charge is 2.30. The minimum atomic E-state index is -3.32. The summed E-state index contributed by atoms with van der Waals surface area (Å²) in [6, 6.07) is 9.20. The molecule has 4 nitrogen and oxygen atoms in total. The van der Waals surface area contributed by atoms with Crippen LogP contribution >= 0.6 is 0 Å². The van der Waals surface area contributed by atoms with Gasteiger partial charge in [-0.05, 0) is 50.8 Å². The van der Waals surface area contributed by atoms with Crippen LogP contribution < -0.4 is 5.32 Å². The van der Waals surface area contributed by atoms with Gasteiger partial charge in [0.25, 0.3) is 0 Å². The fraction of sp³-hybridized carbons (Fsp3) is 0.625. The molecule has 0 bridgehead atoms. The van der Waals surface area contributed by atoms with Gasteiger partial charge in [0.05, 0.1) is 4.90 Å². The van der Waals surface area contributed by atoms with E-state index < -0.39 is 10.0 Å². The fourth-order valence-electron chi connectivity index (χ4n) is 2.90. The molecule has 21 heavy (non-hydrogen) atoms. The SMILES string of the molecule is CCCNC(C)C1CCN(S(=O)(=O)c2ccccc2)CC1. The molecular weight excluding hydrogens is 284 g/mol. The first kappa shape index (κ1) is 16.5. The predicted molar refractivity (Wildman–Crippen MR) is 85.7 cm³/mol. The summed E-state index contributed by atoms with van der Waals surface area (Å²) in [4.78, 5) is 0.403. The van der Waals surface area contributed by atoms with Gasteiger partial charge in [0, 0.05) is 19.1 Å². The highest BCUT2D eigenvalue weighted by molar-refractivity contribution is 7.89. The maximum absolute atomic E-state index is 12.5. The van der Waals surface area contributed by atoms with Crippen LogP contribution in [0.1, 0.15) is 33.1 Å². The lowest BCUT2D eigenvalue weighted by Gasteiger charge is -2.34. The average Bonchev–Trinajstić information content (AvgIpc) is 2.53. The van der Waals surface area contributed by atoms with Crippen LogP contribution in [0.5, 0.6) is 0 Å². The van der Waals surface area contributed by atoms with Crippen molar-refractivity contribution in [2.75, 3.05) is 19.6 Å². The second-order valence-electron chi connectivity index (χ2n) is 5.80. The zero-order valence-electron chi connectivity index (χ0n) is 13.0. The van der Waals surface area contributed by atoms with Crippen molar-refractivity contribution in [3.8, 4) is 0 Å². The van der Waals surface area contributed by atoms with Crippen molar-refractivity contribution in [2.45, 2.75) is 44.0 Å². The maximum atomic E-state index is 12.5. The largest absolute Gasteiger partial charge is 0.314 e. The van der Waals surface area contributed by atoms with Gasteiger partial charge in [-0.1, -0.05) is 25.1 Å².